The minimum absolute atomic E-state index is 0.0879. The summed E-state index contributed by atoms with van der Waals surface area (Å²) in [5.41, 5.74) is -1.07. The lowest BCUT2D eigenvalue weighted by atomic mass is 9.86. The first-order valence-electron chi connectivity index (χ1n) is 7.80. The maximum absolute atomic E-state index is 14.0. The molecule has 0 bridgehead atoms. The molecule has 0 amide bonds. The number of carbonyl (C=O) groups excluding carboxylic acids is 1. The summed E-state index contributed by atoms with van der Waals surface area (Å²) in [4.78, 5) is 28.7. The van der Waals surface area contributed by atoms with E-state index >= 15 is 0 Å². The van der Waals surface area contributed by atoms with Crippen molar-refractivity contribution < 1.29 is 19.0 Å². The minimum Gasteiger partial charge on any atom is -0.462 e. The second-order valence-electron chi connectivity index (χ2n) is 6.70. The Morgan fingerprint density at radius 1 is 1.48 bits per heavy atom. The summed E-state index contributed by atoms with van der Waals surface area (Å²) in [5.74, 6) is -1.47. The zero-order valence-corrected chi connectivity index (χ0v) is 16.6. The average molecular weight is 462 g/mol. The number of aromatic nitrogens is 2. The molecule has 0 spiro atoms. The van der Waals surface area contributed by atoms with Crippen LogP contribution in [0.2, 0.25) is 0 Å². The maximum Gasteiger partial charge on any atom is 0.343 e. The van der Waals surface area contributed by atoms with E-state index in [9.17, 15) is 19.1 Å². The molecule has 1 unspecified atom stereocenters. The van der Waals surface area contributed by atoms with Crippen molar-refractivity contribution in [3.63, 3.8) is 0 Å². The molecule has 0 saturated heterocycles. The lowest BCUT2D eigenvalue weighted by molar-refractivity contribution is 0.0522. The summed E-state index contributed by atoms with van der Waals surface area (Å²) in [6, 6.07) is 0.840. The molecule has 0 aliphatic heterocycles. The summed E-state index contributed by atoms with van der Waals surface area (Å²) >= 11 is 1.74. The molecule has 2 rings (SSSR count). The van der Waals surface area contributed by atoms with Gasteiger partial charge >= 0.3 is 5.97 Å². The lowest BCUT2D eigenvalue weighted by Gasteiger charge is -2.32. The number of halogens is 2. The smallest absolute Gasteiger partial charge is 0.343 e. The Morgan fingerprint density at radius 2 is 2.12 bits per heavy atom. The zero-order valence-electron chi connectivity index (χ0n) is 14.5. The summed E-state index contributed by atoms with van der Waals surface area (Å²) in [6.07, 6.45) is 1.30. The number of ether oxygens (including phenoxy) is 1. The van der Waals surface area contributed by atoms with Crippen molar-refractivity contribution in [2.24, 2.45) is 5.41 Å². The average Bonchev–Trinajstić information content (AvgIpc) is 2.51. The number of hydrogen-bond donors (Lipinski definition) is 1. The quantitative estimate of drug-likeness (QED) is 0.430. The normalized spacial score (nSPS) is 13.1. The first kappa shape index (κ1) is 19.8. The number of aliphatic hydroxyl groups is 1. The molecule has 0 saturated carbocycles. The molecule has 2 aromatic rings. The van der Waals surface area contributed by atoms with E-state index in [1.807, 2.05) is 20.8 Å². The van der Waals surface area contributed by atoms with E-state index in [1.54, 1.807) is 29.5 Å². The number of esters is 1. The van der Waals surface area contributed by atoms with Crippen molar-refractivity contribution >= 4 is 39.6 Å². The van der Waals surface area contributed by atoms with Gasteiger partial charge in [0.25, 0.3) is 0 Å². The fourth-order valence-electron chi connectivity index (χ4n) is 2.60. The minimum atomic E-state index is -0.756. The zero-order chi connectivity index (χ0) is 18.9. The Bertz CT molecular complexity index is 874. The van der Waals surface area contributed by atoms with E-state index in [1.165, 1.54) is 16.8 Å². The van der Waals surface area contributed by atoms with Crippen LogP contribution < -0.4 is 5.43 Å². The Balaban J connectivity index is 2.91. The first-order valence-corrected chi connectivity index (χ1v) is 8.88. The molecule has 0 radical (unpaired) electrons. The van der Waals surface area contributed by atoms with Crippen LogP contribution in [-0.4, -0.2) is 33.8 Å². The van der Waals surface area contributed by atoms with E-state index < -0.39 is 28.8 Å². The number of nitrogens with zero attached hydrogens (tertiary/aromatic N) is 2. The monoisotopic (exact) mass is 462 g/mol. The van der Waals surface area contributed by atoms with Crippen molar-refractivity contribution in [3.05, 3.63) is 37.6 Å². The van der Waals surface area contributed by atoms with Gasteiger partial charge in [-0.15, -0.1) is 0 Å². The molecular formula is C17H20FIN2O4. The topological polar surface area (TPSA) is 81.4 Å². The Labute approximate surface area is 158 Å². The van der Waals surface area contributed by atoms with Gasteiger partial charge in [0, 0.05) is 6.20 Å². The number of pyridine rings is 2. The fraction of sp³-hybridized carbons (Fsp3) is 0.471. The molecule has 136 valence electrons. The van der Waals surface area contributed by atoms with Gasteiger partial charge in [0.2, 0.25) is 11.4 Å². The van der Waals surface area contributed by atoms with E-state index in [0.717, 1.165) is 0 Å². The molecule has 0 aromatic carbocycles. The maximum atomic E-state index is 14.0. The Hall–Kier alpha value is -1.55. The molecule has 0 aliphatic carbocycles. The Kier molecular flexibility index (Phi) is 5.82. The van der Waals surface area contributed by atoms with Gasteiger partial charge in [-0.2, -0.15) is 4.39 Å². The van der Waals surface area contributed by atoms with Gasteiger partial charge < -0.3 is 14.4 Å². The van der Waals surface area contributed by atoms with Crippen LogP contribution >= 0.6 is 22.6 Å². The third-order valence-electron chi connectivity index (χ3n) is 3.92. The predicted molar refractivity (Wildman–Crippen MR) is 100 cm³/mol. The highest BCUT2D eigenvalue weighted by Gasteiger charge is 2.29. The van der Waals surface area contributed by atoms with Crippen LogP contribution in [0.1, 0.15) is 44.1 Å². The molecule has 6 nitrogen and oxygen atoms in total. The van der Waals surface area contributed by atoms with Gasteiger partial charge in [-0.1, -0.05) is 20.8 Å². The molecule has 25 heavy (non-hydrogen) atoms. The van der Waals surface area contributed by atoms with Gasteiger partial charge in [0.15, 0.2) is 0 Å². The molecular weight excluding hydrogens is 442 g/mol. The van der Waals surface area contributed by atoms with Crippen LogP contribution in [0.25, 0.3) is 11.0 Å². The van der Waals surface area contributed by atoms with Crippen LogP contribution in [0, 0.1) is 14.9 Å². The van der Waals surface area contributed by atoms with Crippen LogP contribution in [0.15, 0.2) is 17.1 Å². The van der Waals surface area contributed by atoms with Crippen LogP contribution in [-0.2, 0) is 4.74 Å². The van der Waals surface area contributed by atoms with Crippen LogP contribution in [0.4, 0.5) is 4.39 Å². The lowest BCUT2D eigenvalue weighted by Crippen LogP contribution is -2.31. The van der Waals surface area contributed by atoms with E-state index in [4.69, 9.17) is 4.74 Å². The van der Waals surface area contributed by atoms with E-state index in [0.29, 0.717) is 0 Å². The number of rotatable bonds is 4. The number of aliphatic hydroxyl groups excluding tert-OH is 1. The standard InChI is InChI=1S/C17H20FIN2O4/c1-5-25-16(24)10-7-21(12(8-22)17(2,3)4)15-9(13(10)23)6-11(19)14(18)20-15/h6-7,12,22H,5,8H2,1-4H3. The second kappa shape index (κ2) is 7.36. The van der Waals surface area contributed by atoms with Crippen molar-refractivity contribution in [3.8, 4) is 0 Å². The first-order chi connectivity index (χ1) is 11.6. The van der Waals surface area contributed by atoms with Gasteiger partial charge in [-0.25, -0.2) is 9.78 Å². The molecule has 0 aliphatic rings. The van der Waals surface area contributed by atoms with Crippen molar-refractivity contribution in [2.75, 3.05) is 13.2 Å². The third kappa shape index (κ3) is 3.84. The van der Waals surface area contributed by atoms with Crippen LogP contribution in [0.3, 0.4) is 0 Å². The summed E-state index contributed by atoms with van der Waals surface area (Å²) in [5, 5.41) is 9.97. The molecule has 2 aromatic heterocycles. The van der Waals surface area contributed by atoms with Crippen molar-refractivity contribution in [2.45, 2.75) is 33.7 Å². The van der Waals surface area contributed by atoms with E-state index in [-0.39, 0.29) is 33.4 Å². The molecule has 2 heterocycles. The molecule has 8 heteroatoms. The fourth-order valence-corrected chi connectivity index (χ4v) is 3.03. The van der Waals surface area contributed by atoms with Gasteiger partial charge in [-0.05, 0) is 41.0 Å². The van der Waals surface area contributed by atoms with E-state index in [2.05, 4.69) is 4.98 Å². The largest absolute Gasteiger partial charge is 0.462 e. The number of fused-ring (bicyclic) bond motifs is 1. The van der Waals surface area contributed by atoms with Crippen molar-refractivity contribution in [1.82, 2.24) is 9.55 Å². The summed E-state index contributed by atoms with van der Waals surface area (Å²) < 4.78 is 20.6. The van der Waals surface area contributed by atoms with Crippen LogP contribution in [0.5, 0.6) is 0 Å². The number of hydrogen-bond acceptors (Lipinski definition) is 5. The highest BCUT2D eigenvalue weighted by Crippen LogP contribution is 2.32. The molecule has 1 atom stereocenters. The number of carbonyl (C=O) groups is 1. The summed E-state index contributed by atoms with van der Waals surface area (Å²) in [7, 11) is 0. The third-order valence-corrected chi connectivity index (χ3v) is 4.68. The molecule has 1 N–H and O–H groups in total. The highest BCUT2D eigenvalue weighted by atomic mass is 127. The highest BCUT2D eigenvalue weighted by molar-refractivity contribution is 14.1. The van der Waals surface area contributed by atoms with Gasteiger partial charge in [0.1, 0.15) is 11.2 Å². The summed E-state index contributed by atoms with van der Waals surface area (Å²) in [6.45, 7) is 7.18. The van der Waals surface area contributed by atoms with Crippen molar-refractivity contribution in [1.29, 1.82) is 0 Å². The molecule has 0 fully saturated rings. The SMILES string of the molecule is CCOC(=O)c1cn(C(CO)C(C)(C)C)c2nc(F)c(I)cc2c1=O. The predicted octanol–water partition coefficient (Wildman–Crippen LogP) is 2.90. The van der Waals surface area contributed by atoms with Gasteiger partial charge in [-0.3, -0.25) is 4.79 Å². The second-order valence-corrected chi connectivity index (χ2v) is 7.86. The Morgan fingerprint density at radius 3 is 2.64 bits per heavy atom. The van der Waals surface area contributed by atoms with Gasteiger partial charge in [0.05, 0.1) is 28.2 Å².